The van der Waals surface area contributed by atoms with Gasteiger partial charge in [0, 0.05) is 6.08 Å². The summed E-state index contributed by atoms with van der Waals surface area (Å²) in [7, 11) is 2.61. The summed E-state index contributed by atoms with van der Waals surface area (Å²) in [5, 5.41) is 0. The first-order chi connectivity index (χ1) is 11.7. The predicted molar refractivity (Wildman–Crippen MR) is 93.0 cm³/mol. The van der Waals surface area contributed by atoms with E-state index >= 15 is 0 Å². The first kappa shape index (κ1) is 17.2. The average Bonchev–Trinajstić information content (AvgIpc) is 2.65. The van der Waals surface area contributed by atoms with E-state index in [-0.39, 0.29) is 0 Å². The van der Waals surface area contributed by atoms with Gasteiger partial charge in [-0.2, -0.15) is 0 Å². The first-order valence-electron chi connectivity index (χ1n) is 7.36. The summed E-state index contributed by atoms with van der Waals surface area (Å²) >= 11 is 0. The van der Waals surface area contributed by atoms with Crippen LogP contribution in [0.4, 0.5) is 0 Å². The van der Waals surface area contributed by atoms with Crippen molar-refractivity contribution in [3.05, 3.63) is 78.4 Å². The molecule has 0 saturated carbocycles. The Hall–Kier alpha value is -3.14. The Kier molecular flexibility index (Phi) is 6.08. The lowest BCUT2D eigenvalue weighted by molar-refractivity contribution is -0.135. The molecule has 4 heteroatoms. The molecule has 0 N–H and O–H groups in total. The lowest BCUT2D eigenvalue weighted by atomic mass is 10.00. The molecule has 0 saturated heterocycles. The average molecular weight is 322 g/mol. The molecule has 0 aliphatic rings. The third-order valence-electron chi connectivity index (χ3n) is 3.40. The highest BCUT2D eigenvalue weighted by Gasteiger charge is 2.11. The van der Waals surface area contributed by atoms with Gasteiger partial charge in [-0.25, -0.2) is 9.59 Å². The smallest absolute Gasteiger partial charge is 0.338 e. The Morgan fingerprint density at radius 3 is 2.04 bits per heavy atom. The SMILES string of the molecule is COC(=O)/C=C\C=C(\C(=O)OC)c1ccc(-c2ccccc2)cc1. The van der Waals surface area contributed by atoms with E-state index < -0.39 is 11.9 Å². The number of rotatable bonds is 5. The van der Waals surface area contributed by atoms with Crippen molar-refractivity contribution >= 4 is 17.5 Å². The molecular weight excluding hydrogens is 304 g/mol. The minimum absolute atomic E-state index is 0.359. The number of carbonyl (C=O) groups excluding carboxylic acids is 2. The Morgan fingerprint density at radius 2 is 1.46 bits per heavy atom. The van der Waals surface area contributed by atoms with Gasteiger partial charge >= 0.3 is 11.9 Å². The molecule has 0 heterocycles. The Balaban J connectivity index is 2.30. The summed E-state index contributed by atoms with van der Waals surface area (Å²) in [4.78, 5) is 23.1. The third kappa shape index (κ3) is 4.43. The van der Waals surface area contributed by atoms with Crippen molar-refractivity contribution in [1.82, 2.24) is 0 Å². The lowest BCUT2D eigenvalue weighted by Crippen LogP contribution is -2.03. The highest BCUT2D eigenvalue weighted by Crippen LogP contribution is 2.23. The van der Waals surface area contributed by atoms with E-state index in [1.165, 1.54) is 32.4 Å². The highest BCUT2D eigenvalue weighted by molar-refractivity contribution is 6.16. The Morgan fingerprint density at radius 1 is 0.833 bits per heavy atom. The van der Waals surface area contributed by atoms with Crippen LogP contribution in [0.25, 0.3) is 16.7 Å². The molecule has 2 aromatic carbocycles. The van der Waals surface area contributed by atoms with Crippen LogP contribution in [-0.4, -0.2) is 26.2 Å². The van der Waals surface area contributed by atoms with Crippen LogP contribution in [-0.2, 0) is 19.1 Å². The standard InChI is InChI=1S/C20H18O4/c1-23-19(21)10-6-9-18(20(22)24-2)17-13-11-16(12-14-17)15-7-4-3-5-8-15/h3-14H,1-2H3/b10-6-,18-9+. The Bertz CT molecular complexity index is 756. The van der Waals surface area contributed by atoms with Crippen LogP contribution in [0.3, 0.4) is 0 Å². The largest absolute Gasteiger partial charge is 0.466 e. The molecule has 0 aromatic heterocycles. The summed E-state index contributed by atoms with van der Waals surface area (Å²) in [6, 6.07) is 17.5. The first-order valence-corrected chi connectivity index (χ1v) is 7.36. The molecular formula is C20H18O4. The maximum absolute atomic E-state index is 12.0. The zero-order chi connectivity index (χ0) is 17.4. The van der Waals surface area contributed by atoms with Crippen LogP contribution in [0.15, 0.2) is 72.8 Å². The van der Waals surface area contributed by atoms with Gasteiger partial charge in [-0.3, -0.25) is 0 Å². The van der Waals surface area contributed by atoms with E-state index in [9.17, 15) is 9.59 Å². The van der Waals surface area contributed by atoms with Gasteiger partial charge in [0.25, 0.3) is 0 Å². The monoisotopic (exact) mass is 322 g/mol. The molecule has 122 valence electrons. The molecule has 2 rings (SSSR count). The topological polar surface area (TPSA) is 52.6 Å². The van der Waals surface area contributed by atoms with E-state index in [4.69, 9.17) is 4.74 Å². The van der Waals surface area contributed by atoms with Gasteiger partial charge in [0.05, 0.1) is 19.8 Å². The van der Waals surface area contributed by atoms with Crippen molar-refractivity contribution in [3.8, 4) is 11.1 Å². The maximum atomic E-state index is 12.0. The molecule has 0 unspecified atom stereocenters. The fourth-order valence-electron chi connectivity index (χ4n) is 2.16. The van der Waals surface area contributed by atoms with Crippen molar-refractivity contribution in [1.29, 1.82) is 0 Å². The molecule has 0 radical (unpaired) electrons. The van der Waals surface area contributed by atoms with Gasteiger partial charge in [-0.15, -0.1) is 0 Å². The lowest BCUT2D eigenvalue weighted by Gasteiger charge is -2.07. The van der Waals surface area contributed by atoms with E-state index in [0.29, 0.717) is 11.1 Å². The molecule has 24 heavy (non-hydrogen) atoms. The number of methoxy groups -OCH3 is 2. The van der Waals surface area contributed by atoms with Crippen LogP contribution in [0.1, 0.15) is 5.56 Å². The maximum Gasteiger partial charge on any atom is 0.338 e. The van der Waals surface area contributed by atoms with Gasteiger partial charge in [0.1, 0.15) is 0 Å². The number of ether oxygens (including phenoxy) is 2. The molecule has 0 aliphatic heterocycles. The van der Waals surface area contributed by atoms with Crippen molar-refractivity contribution in [2.75, 3.05) is 14.2 Å². The molecule has 2 aromatic rings. The molecule has 0 bridgehead atoms. The highest BCUT2D eigenvalue weighted by atomic mass is 16.5. The van der Waals surface area contributed by atoms with Crippen LogP contribution >= 0.6 is 0 Å². The molecule has 0 atom stereocenters. The van der Waals surface area contributed by atoms with E-state index in [2.05, 4.69) is 4.74 Å². The molecule has 0 amide bonds. The van der Waals surface area contributed by atoms with E-state index in [1.54, 1.807) is 0 Å². The minimum atomic E-state index is -0.491. The van der Waals surface area contributed by atoms with E-state index in [1.807, 2.05) is 54.6 Å². The second-order valence-corrected chi connectivity index (χ2v) is 4.90. The third-order valence-corrected chi connectivity index (χ3v) is 3.40. The van der Waals surface area contributed by atoms with Gasteiger partial charge in [0.15, 0.2) is 0 Å². The van der Waals surface area contributed by atoms with Gasteiger partial charge in [-0.1, -0.05) is 60.7 Å². The van der Waals surface area contributed by atoms with Crippen LogP contribution in [0.2, 0.25) is 0 Å². The van der Waals surface area contributed by atoms with Crippen molar-refractivity contribution in [3.63, 3.8) is 0 Å². The van der Waals surface area contributed by atoms with Crippen LogP contribution in [0.5, 0.6) is 0 Å². The number of hydrogen-bond donors (Lipinski definition) is 0. The van der Waals surface area contributed by atoms with Crippen molar-refractivity contribution in [2.45, 2.75) is 0 Å². The van der Waals surface area contributed by atoms with Gasteiger partial charge in [0.2, 0.25) is 0 Å². The predicted octanol–water partition coefficient (Wildman–Crippen LogP) is 3.64. The molecule has 0 fully saturated rings. The van der Waals surface area contributed by atoms with Gasteiger partial charge < -0.3 is 9.47 Å². The molecule has 4 nitrogen and oxygen atoms in total. The molecule has 0 aliphatic carbocycles. The minimum Gasteiger partial charge on any atom is -0.466 e. The second-order valence-electron chi connectivity index (χ2n) is 4.90. The van der Waals surface area contributed by atoms with E-state index in [0.717, 1.165) is 11.1 Å². The van der Waals surface area contributed by atoms with Gasteiger partial charge in [-0.05, 0) is 22.8 Å². The normalized spacial score (nSPS) is 11.3. The zero-order valence-electron chi connectivity index (χ0n) is 13.6. The van der Waals surface area contributed by atoms with Crippen LogP contribution < -0.4 is 0 Å². The number of carbonyl (C=O) groups is 2. The number of benzene rings is 2. The fraction of sp³-hybridized carbons (Fsp3) is 0.100. The number of hydrogen-bond acceptors (Lipinski definition) is 4. The summed E-state index contributed by atoms with van der Waals surface area (Å²) in [6.07, 6.45) is 4.23. The number of allylic oxidation sites excluding steroid dienone is 2. The summed E-state index contributed by atoms with van der Waals surface area (Å²) in [5.74, 6) is -0.966. The second kappa shape index (κ2) is 8.48. The number of esters is 2. The van der Waals surface area contributed by atoms with Crippen LogP contribution in [0, 0.1) is 0 Å². The van der Waals surface area contributed by atoms with Crippen molar-refractivity contribution < 1.29 is 19.1 Å². The summed E-state index contributed by atoms with van der Waals surface area (Å²) < 4.78 is 9.33. The molecule has 0 spiro atoms. The fourth-order valence-corrected chi connectivity index (χ4v) is 2.16. The quantitative estimate of drug-likeness (QED) is 0.479. The van der Waals surface area contributed by atoms with Crippen molar-refractivity contribution in [2.24, 2.45) is 0 Å². The summed E-state index contributed by atoms with van der Waals surface area (Å²) in [5.41, 5.74) is 3.21. The zero-order valence-corrected chi connectivity index (χ0v) is 13.6. The summed E-state index contributed by atoms with van der Waals surface area (Å²) in [6.45, 7) is 0. The Labute approximate surface area is 141 Å².